The second-order valence-corrected chi connectivity index (χ2v) is 6.73. The Labute approximate surface area is 97.2 Å². The first-order chi connectivity index (χ1) is 7.40. The second kappa shape index (κ2) is 4.64. The zero-order valence-corrected chi connectivity index (χ0v) is 10.3. The minimum absolute atomic E-state index is 0.809. The molecule has 1 aliphatic carbocycles. The molecule has 2 aliphatic heterocycles. The molecule has 0 radical (unpaired) electrons. The number of hydrogen-bond acceptors (Lipinski definition) is 3. The van der Waals surface area contributed by atoms with Gasteiger partial charge in [0.15, 0.2) is 0 Å². The van der Waals surface area contributed by atoms with E-state index in [1.807, 2.05) is 0 Å². The van der Waals surface area contributed by atoms with Crippen molar-refractivity contribution in [3.05, 3.63) is 0 Å². The molecular formula is C12H22N2S. The van der Waals surface area contributed by atoms with Gasteiger partial charge in [-0.15, -0.1) is 0 Å². The summed E-state index contributed by atoms with van der Waals surface area (Å²) in [7, 11) is 0. The van der Waals surface area contributed by atoms with Crippen LogP contribution in [-0.4, -0.2) is 47.6 Å². The van der Waals surface area contributed by atoms with Gasteiger partial charge < -0.3 is 10.2 Å². The Balaban J connectivity index is 1.39. The third-order valence-corrected chi connectivity index (χ3v) is 5.19. The Morgan fingerprint density at radius 1 is 1.13 bits per heavy atom. The van der Waals surface area contributed by atoms with Crippen LogP contribution in [0.3, 0.4) is 0 Å². The maximum Gasteiger partial charge on any atom is 0.0209 e. The molecule has 3 heteroatoms. The monoisotopic (exact) mass is 226 g/mol. The molecule has 2 nitrogen and oxygen atoms in total. The number of nitrogens with zero attached hydrogens (tertiary/aromatic N) is 1. The van der Waals surface area contributed by atoms with Crippen LogP contribution in [0.15, 0.2) is 0 Å². The molecule has 0 aromatic carbocycles. The fraction of sp³-hybridized carbons (Fsp3) is 1.00. The van der Waals surface area contributed by atoms with Crippen molar-refractivity contribution >= 4 is 11.8 Å². The molecule has 0 amide bonds. The van der Waals surface area contributed by atoms with Gasteiger partial charge in [-0.3, -0.25) is 0 Å². The van der Waals surface area contributed by atoms with Crippen molar-refractivity contribution in [1.29, 1.82) is 0 Å². The molecule has 2 saturated heterocycles. The molecule has 1 saturated carbocycles. The predicted molar refractivity (Wildman–Crippen MR) is 66.5 cm³/mol. The average molecular weight is 226 g/mol. The van der Waals surface area contributed by atoms with E-state index in [1.54, 1.807) is 0 Å². The quantitative estimate of drug-likeness (QED) is 0.785. The predicted octanol–water partition coefficient (Wildman–Crippen LogP) is 1.71. The van der Waals surface area contributed by atoms with Crippen molar-refractivity contribution in [1.82, 2.24) is 10.2 Å². The van der Waals surface area contributed by atoms with Crippen LogP contribution in [0, 0.1) is 0 Å². The minimum atomic E-state index is 0.809. The lowest BCUT2D eigenvalue weighted by Crippen LogP contribution is -2.35. The van der Waals surface area contributed by atoms with E-state index in [9.17, 15) is 0 Å². The van der Waals surface area contributed by atoms with Crippen LogP contribution in [0.1, 0.15) is 32.1 Å². The highest BCUT2D eigenvalue weighted by atomic mass is 32.2. The van der Waals surface area contributed by atoms with Crippen LogP contribution in [-0.2, 0) is 0 Å². The van der Waals surface area contributed by atoms with Crippen molar-refractivity contribution in [2.45, 2.75) is 49.4 Å². The molecule has 0 bridgehead atoms. The molecule has 0 aromatic rings. The van der Waals surface area contributed by atoms with E-state index in [-0.39, 0.29) is 0 Å². The van der Waals surface area contributed by atoms with Gasteiger partial charge in [-0.1, -0.05) is 0 Å². The smallest absolute Gasteiger partial charge is 0.0209 e. The summed E-state index contributed by atoms with van der Waals surface area (Å²) < 4.78 is 0. The third kappa shape index (κ3) is 2.89. The average Bonchev–Trinajstić information content (AvgIpc) is 2.74. The minimum Gasteiger partial charge on any atom is -0.310 e. The summed E-state index contributed by atoms with van der Waals surface area (Å²) in [4.78, 5) is 2.68. The first-order valence-corrected chi connectivity index (χ1v) is 7.55. The van der Waals surface area contributed by atoms with Gasteiger partial charge in [-0.2, -0.15) is 11.8 Å². The molecule has 2 unspecified atom stereocenters. The number of nitrogens with one attached hydrogen (secondary N) is 1. The zero-order valence-electron chi connectivity index (χ0n) is 9.45. The van der Waals surface area contributed by atoms with Gasteiger partial charge in [0.25, 0.3) is 0 Å². The number of hydrogen-bond donors (Lipinski definition) is 1. The van der Waals surface area contributed by atoms with E-state index in [0.29, 0.717) is 0 Å². The highest BCUT2D eigenvalue weighted by Gasteiger charge is 2.30. The maximum absolute atomic E-state index is 3.76. The van der Waals surface area contributed by atoms with Crippen LogP contribution in [0.4, 0.5) is 0 Å². The Hall–Kier alpha value is 0.270. The number of rotatable bonds is 4. The molecule has 86 valence electrons. The van der Waals surface area contributed by atoms with Gasteiger partial charge in [-0.25, -0.2) is 0 Å². The summed E-state index contributed by atoms with van der Waals surface area (Å²) in [5, 5.41) is 4.71. The molecule has 0 spiro atoms. The Bertz CT molecular complexity index is 212. The summed E-state index contributed by atoms with van der Waals surface area (Å²) in [6.45, 7) is 4.00. The highest BCUT2D eigenvalue weighted by Crippen LogP contribution is 2.28. The molecule has 3 rings (SSSR count). The number of thioether (sulfide) groups is 1. The van der Waals surface area contributed by atoms with Crippen LogP contribution in [0.25, 0.3) is 0 Å². The summed E-state index contributed by atoms with van der Waals surface area (Å²) in [5.74, 6) is 1.41. The molecular weight excluding hydrogens is 204 g/mol. The van der Waals surface area contributed by atoms with Crippen molar-refractivity contribution in [3.63, 3.8) is 0 Å². The van der Waals surface area contributed by atoms with Crippen molar-refractivity contribution in [3.8, 4) is 0 Å². The zero-order chi connectivity index (χ0) is 10.1. The normalized spacial score (nSPS) is 37.6. The largest absolute Gasteiger partial charge is 0.310 e. The standard InChI is InChI=1S/C12H22N2S/c1-2-12(15-7-1)9-14-6-5-11(8-14)13-10-3-4-10/h10-13H,1-9H2. The lowest BCUT2D eigenvalue weighted by Gasteiger charge is -2.20. The van der Waals surface area contributed by atoms with Gasteiger partial charge >= 0.3 is 0 Å². The molecule has 3 fully saturated rings. The van der Waals surface area contributed by atoms with Crippen molar-refractivity contribution in [2.24, 2.45) is 0 Å². The summed E-state index contributed by atoms with van der Waals surface area (Å²) >= 11 is 2.19. The second-order valence-electron chi connectivity index (χ2n) is 5.32. The van der Waals surface area contributed by atoms with E-state index in [0.717, 1.165) is 17.3 Å². The highest BCUT2D eigenvalue weighted by molar-refractivity contribution is 8.00. The molecule has 0 aromatic heterocycles. The van der Waals surface area contributed by atoms with Gasteiger partial charge in [0, 0.05) is 30.4 Å². The molecule has 1 N–H and O–H groups in total. The Morgan fingerprint density at radius 3 is 2.80 bits per heavy atom. The van der Waals surface area contributed by atoms with E-state index in [1.165, 1.54) is 57.5 Å². The summed E-state index contributed by atoms with van der Waals surface area (Å²) in [6, 6.07) is 1.69. The first-order valence-electron chi connectivity index (χ1n) is 6.50. The molecule has 2 atom stereocenters. The lowest BCUT2D eigenvalue weighted by atomic mass is 10.2. The molecule has 15 heavy (non-hydrogen) atoms. The van der Waals surface area contributed by atoms with Crippen LogP contribution in [0.2, 0.25) is 0 Å². The van der Waals surface area contributed by atoms with Gasteiger partial charge in [0.05, 0.1) is 0 Å². The third-order valence-electron chi connectivity index (χ3n) is 3.81. The van der Waals surface area contributed by atoms with E-state index >= 15 is 0 Å². The molecule has 2 heterocycles. The van der Waals surface area contributed by atoms with Gasteiger partial charge in [0.2, 0.25) is 0 Å². The number of likely N-dealkylation sites (tertiary alicyclic amines) is 1. The van der Waals surface area contributed by atoms with Crippen molar-refractivity contribution < 1.29 is 0 Å². The Morgan fingerprint density at radius 2 is 2.07 bits per heavy atom. The lowest BCUT2D eigenvalue weighted by molar-refractivity contribution is 0.326. The first kappa shape index (κ1) is 10.4. The van der Waals surface area contributed by atoms with Crippen LogP contribution < -0.4 is 5.32 Å². The van der Waals surface area contributed by atoms with Crippen LogP contribution in [0.5, 0.6) is 0 Å². The fourth-order valence-electron chi connectivity index (χ4n) is 2.79. The van der Waals surface area contributed by atoms with E-state index in [4.69, 9.17) is 0 Å². The van der Waals surface area contributed by atoms with E-state index in [2.05, 4.69) is 22.0 Å². The van der Waals surface area contributed by atoms with Gasteiger partial charge in [0.1, 0.15) is 0 Å². The fourth-order valence-corrected chi connectivity index (χ4v) is 4.11. The SMILES string of the molecule is C1CSC(CN2CCC(NC3CC3)C2)C1. The van der Waals surface area contributed by atoms with Crippen LogP contribution >= 0.6 is 11.8 Å². The molecule has 3 aliphatic rings. The Kier molecular flexibility index (Phi) is 3.23. The van der Waals surface area contributed by atoms with E-state index < -0.39 is 0 Å². The topological polar surface area (TPSA) is 15.3 Å². The summed E-state index contributed by atoms with van der Waals surface area (Å²) in [6.07, 6.45) is 7.15. The summed E-state index contributed by atoms with van der Waals surface area (Å²) in [5.41, 5.74) is 0. The maximum atomic E-state index is 3.76. The van der Waals surface area contributed by atoms with Gasteiger partial charge in [-0.05, 0) is 44.4 Å². The van der Waals surface area contributed by atoms with Crippen molar-refractivity contribution in [2.75, 3.05) is 25.4 Å².